The third-order valence-electron chi connectivity index (χ3n) is 4.27. The van der Waals surface area contributed by atoms with E-state index in [1.807, 2.05) is 19.9 Å². The molecular weight excluding hydrogens is 457 g/mol. The van der Waals surface area contributed by atoms with Gasteiger partial charge in [-0.25, -0.2) is 0 Å². The molecule has 2 aromatic carbocycles. The first-order valence-electron chi connectivity index (χ1n) is 8.22. The van der Waals surface area contributed by atoms with Crippen molar-refractivity contribution in [3.8, 4) is 11.4 Å². The van der Waals surface area contributed by atoms with Gasteiger partial charge in [0.05, 0.1) is 12.0 Å². The van der Waals surface area contributed by atoms with Crippen molar-refractivity contribution in [1.82, 2.24) is 4.57 Å². The zero-order valence-corrected chi connectivity index (χ0v) is 17.3. The second kappa shape index (κ2) is 7.91. The lowest BCUT2D eigenvalue weighted by atomic mass is 10.2. The minimum Gasteiger partial charge on any atom is -0.494 e. The number of methoxy groups -OCH3 is 1. The van der Waals surface area contributed by atoms with Gasteiger partial charge in [-0.1, -0.05) is 0 Å². The minimum absolute atomic E-state index is 0.0210. The molecule has 1 aromatic heterocycles. The zero-order chi connectivity index (χ0) is 19.6. The summed E-state index contributed by atoms with van der Waals surface area (Å²) in [6, 6.07) is 14.7. The highest BCUT2D eigenvalue weighted by Gasteiger charge is 2.12. The Morgan fingerprint density at radius 1 is 1.15 bits per heavy atom. The summed E-state index contributed by atoms with van der Waals surface area (Å²) in [6.45, 7) is 4.06. The van der Waals surface area contributed by atoms with Crippen molar-refractivity contribution in [2.75, 3.05) is 7.11 Å². The van der Waals surface area contributed by atoms with Crippen molar-refractivity contribution in [2.45, 2.75) is 13.8 Å². The third kappa shape index (κ3) is 4.02. The predicted octanol–water partition coefficient (Wildman–Crippen LogP) is 5.37. The Bertz CT molecular complexity index is 1020. The highest BCUT2D eigenvalue weighted by Crippen LogP contribution is 2.31. The van der Waals surface area contributed by atoms with Crippen LogP contribution in [-0.4, -0.2) is 22.8 Å². The van der Waals surface area contributed by atoms with Gasteiger partial charge in [0.2, 0.25) is 0 Å². The molecule has 0 spiro atoms. The monoisotopic (exact) mass is 475 g/mol. The molecule has 0 amide bonds. The standard InChI is InChI=1S/C20H18IN3O3/c1-13-10-15(14(2)23(13)17-6-4-16(21)5-7-17)12-22-19-11-18(24(25)26)8-9-20(19)27-3/h4-12H,1-3H3. The molecule has 0 fully saturated rings. The molecule has 0 atom stereocenters. The van der Waals surface area contributed by atoms with Crippen LogP contribution in [0.25, 0.3) is 5.69 Å². The molecule has 0 saturated carbocycles. The van der Waals surface area contributed by atoms with Gasteiger partial charge in [0, 0.05) is 44.6 Å². The summed E-state index contributed by atoms with van der Waals surface area (Å²) in [5.74, 6) is 0.489. The van der Waals surface area contributed by atoms with Crippen molar-refractivity contribution >= 4 is 40.2 Å². The van der Waals surface area contributed by atoms with Crippen LogP contribution in [0.1, 0.15) is 17.0 Å². The molecule has 138 valence electrons. The Morgan fingerprint density at radius 3 is 2.48 bits per heavy atom. The van der Waals surface area contributed by atoms with E-state index >= 15 is 0 Å². The Balaban J connectivity index is 1.99. The van der Waals surface area contributed by atoms with Crippen LogP contribution in [0, 0.1) is 27.5 Å². The van der Waals surface area contributed by atoms with Crippen molar-refractivity contribution in [1.29, 1.82) is 0 Å². The molecule has 0 bridgehead atoms. The number of non-ortho nitro benzene ring substituents is 1. The Labute approximate surface area is 170 Å². The first kappa shape index (κ1) is 19.1. The van der Waals surface area contributed by atoms with Crippen molar-refractivity contribution in [3.05, 3.63) is 79.2 Å². The molecule has 0 saturated heterocycles. The van der Waals surface area contributed by atoms with E-state index in [0.717, 1.165) is 22.6 Å². The number of ether oxygens (including phenoxy) is 1. The number of rotatable bonds is 5. The second-order valence-corrected chi connectivity index (χ2v) is 7.26. The van der Waals surface area contributed by atoms with E-state index in [0.29, 0.717) is 11.4 Å². The largest absolute Gasteiger partial charge is 0.494 e. The van der Waals surface area contributed by atoms with Crippen LogP contribution in [0.2, 0.25) is 0 Å². The average Bonchev–Trinajstić information content (AvgIpc) is 2.94. The first-order valence-corrected chi connectivity index (χ1v) is 9.30. The lowest BCUT2D eigenvalue weighted by Gasteiger charge is -2.09. The molecule has 3 aromatic rings. The quantitative estimate of drug-likeness (QED) is 0.216. The van der Waals surface area contributed by atoms with Crippen LogP contribution in [0.3, 0.4) is 0 Å². The number of aliphatic imine (C=N–C) groups is 1. The molecule has 27 heavy (non-hydrogen) atoms. The molecule has 0 aliphatic rings. The van der Waals surface area contributed by atoms with Crippen LogP contribution in [0.5, 0.6) is 5.75 Å². The number of hydrogen-bond acceptors (Lipinski definition) is 4. The summed E-state index contributed by atoms with van der Waals surface area (Å²) in [7, 11) is 1.52. The van der Waals surface area contributed by atoms with Gasteiger partial charge in [-0.05, 0) is 72.8 Å². The van der Waals surface area contributed by atoms with Crippen molar-refractivity contribution < 1.29 is 9.66 Å². The van der Waals surface area contributed by atoms with E-state index in [9.17, 15) is 10.1 Å². The van der Waals surface area contributed by atoms with Crippen LogP contribution >= 0.6 is 22.6 Å². The second-order valence-electron chi connectivity index (χ2n) is 6.01. The van der Waals surface area contributed by atoms with E-state index in [-0.39, 0.29) is 5.69 Å². The summed E-state index contributed by atoms with van der Waals surface area (Å²) in [5, 5.41) is 11.0. The molecule has 0 aliphatic heterocycles. The average molecular weight is 475 g/mol. The van der Waals surface area contributed by atoms with E-state index in [4.69, 9.17) is 4.74 Å². The third-order valence-corrected chi connectivity index (χ3v) is 4.99. The number of nitrogens with zero attached hydrogens (tertiary/aromatic N) is 3. The van der Waals surface area contributed by atoms with Gasteiger partial charge in [-0.15, -0.1) is 0 Å². The fraction of sp³-hybridized carbons (Fsp3) is 0.150. The molecule has 0 unspecified atom stereocenters. The lowest BCUT2D eigenvalue weighted by Crippen LogP contribution is -1.99. The Hall–Kier alpha value is -2.68. The van der Waals surface area contributed by atoms with Crippen LogP contribution in [-0.2, 0) is 0 Å². The normalized spacial score (nSPS) is 11.1. The maximum atomic E-state index is 11.0. The topological polar surface area (TPSA) is 69.7 Å². The number of nitro benzene ring substituents is 1. The van der Waals surface area contributed by atoms with E-state index in [1.54, 1.807) is 12.3 Å². The van der Waals surface area contributed by atoms with Gasteiger partial charge < -0.3 is 9.30 Å². The summed E-state index contributed by atoms with van der Waals surface area (Å²) < 4.78 is 8.60. The summed E-state index contributed by atoms with van der Waals surface area (Å²) >= 11 is 2.28. The Morgan fingerprint density at radius 2 is 1.85 bits per heavy atom. The van der Waals surface area contributed by atoms with E-state index in [1.165, 1.54) is 22.8 Å². The predicted molar refractivity (Wildman–Crippen MR) is 115 cm³/mol. The van der Waals surface area contributed by atoms with Crippen molar-refractivity contribution in [3.63, 3.8) is 0 Å². The van der Waals surface area contributed by atoms with Gasteiger partial charge in [0.25, 0.3) is 5.69 Å². The highest BCUT2D eigenvalue weighted by atomic mass is 127. The number of nitro groups is 1. The van der Waals surface area contributed by atoms with E-state index in [2.05, 4.69) is 56.4 Å². The number of hydrogen-bond donors (Lipinski definition) is 0. The van der Waals surface area contributed by atoms with Gasteiger partial charge in [0.1, 0.15) is 11.4 Å². The summed E-state index contributed by atoms with van der Waals surface area (Å²) in [5.41, 5.74) is 4.55. The fourth-order valence-electron chi connectivity index (χ4n) is 2.94. The molecule has 6 nitrogen and oxygen atoms in total. The molecular formula is C20H18IN3O3. The molecule has 1 heterocycles. The minimum atomic E-state index is -0.443. The number of benzene rings is 2. The number of aromatic nitrogens is 1. The zero-order valence-electron chi connectivity index (χ0n) is 15.1. The Kier molecular flexibility index (Phi) is 5.59. The van der Waals surface area contributed by atoms with Crippen LogP contribution in [0.4, 0.5) is 11.4 Å². The maximum absolute atomic E-state index is 11.0. The van der Waals surface area contributed by atoms with Gasteiger partial charge in [-0.2, -0.15) is 0 Å². The molecule has 0 radical (unpaired) electrons. The lowest BCUT2D eigenvalue weighted by molar-refractivity contribution is -0.384. The van der Waals surface area contributed by atoms with Crippen LogP contribution in [0.15, 0.2) is 53.5 Å². The number of halogens is 1. The van der Waals surface area contributed by atoms with Crippen LogP contribution < -0.4 is 4.74 Å². The maximum Gasteiger partial charge on any atom is 0.271 e. The van der Waals surface area contributed by atoms with E-state index < -0.39 is 4.92 Å². The van der Waals surface area contributed by atoms with Gasteiger partial charge in [-0.3, -0.25) is 15.1 Å². The number of aryl methyl sites for hydroxylation is 1. The highest BCUT2D eigenvalue weighted by molar-refractivity contribution is 14.1. The van der Waals surface area contributed by atoms with Gasteiger partial charge in [0.15, 0.2) is 0 Å². The summed E-state index contributed by atoms with van der Waals surface area (Å²) in [4.78, 5) is 15.0. The molecule has 0 N–H and O–H groups in total. The SMILES string of the molecule is COc1ccc([N+](=O)[O-])cc1N=Cc1cc(C)n(-c2ccc(I)cc2)c1C. The fourth-order valence-corrected chi connectivity index (χ4v) is 3.30. The van der Waals surface area contributed by atoms with Crippen molar-refractivity contribution in [2.24, 2.45) is 4.99 Å². The summed E-state index contributed by atoms with van der Waals surface area (Å²) in [6.07, 6.45) is 1.72. The first-order chi connectivity index (χ1) is 12.9. The smallest absolute Gasteiger partial charge is 0.271 e. The molecule has 0 aliphatic carbocycles. The molecule has 7 heteroatoms. The molecule has 3 rings (SSSR count). The van der Waals surface area contributed by atoms with Gasteiger partial charge >= 0.3 is 0 Å².